The van der Waals surface area contributed by atoms with Crippen molar-refractivity contribution in [3.05, 3.63) is 100 Å². The number of rotatable bonds is 5. The average Bonchev–Trinajstić information content (AvgIpc) is 3.27. The monoisotopic (exact) mass is 559 g/mol. The zero-order valence-corrected chi connectivity index (χ0v) is 24.2. The van der Waals surface area contributed by atoms with Crippen molar-refractivity contribution in [2.24, 2.45) is 0 Å². The second-order valence-electron chi connectivity index (χ2n) is 9.43. The minimum absolute atomic E-state index is 0. The number of hydrogen-bond donors (Lipinski definition) is 1. The van der Waals surface area contributed by atoms with E-state index in [4.69, 9.17) is 0 Å². The maximum absolute atomic E-state index is 9.50. The van der Waals surface area contributed by atoms with E-state index in [-0.39, 0.29) is 31.4 Å². The van der Waals surface area contributed by atoms with Crippen LogP contribution in [-0.4, -0.2) is 18.6 Å². The molecule has 167 valence electrons. The molecule has 0 saturated carbocycles. The van der Waals surface area contributed by atoms with Gasteiger partial charge in [0, 0.05) is 0 Å². The summed E-state index contributed by atoms with van der Waals surface area (Å²) >= 11 is -2.32. The zero-order chi connectivity index (χ0) is 20.9. The van der Waals surface area contributed by atoms with Crippen molar-refractivity contribution in [3.8, 4) is 11.1 Å². The predicted octanol–water partition coefficient (Wildman–Crippen LogP) is 6.70. The Bertz CT molecular complexity index is 1210. The molecule has 1 N–H and O–H groups in total. The summed E-state index contributed by atoms with van der Waals surface area (Å²) in [7, 11) is 0. The summed E-state index contributed by atoms with van der Waals surface area (Å²) in [5.74, 6) is 0.316. The number of aliphatic hydroxyl groups excluding tert-OH is 1. The Balaban J connectivity index is 0.00000144. The van der Waals surface area contributed by atoms with Crippen molar-refractivity contribution >= 4 is 37.8 Å². The van der Waals surface area contributed by atoms with E-state index in [1.54, 1.807) is 11.1 Å². The van der Waals surface area contributed by atoms with Gasteiger partial charge >= 0.3 is 186 Å². The standard InChI is InChI=1S/C25H21O.2CH3.2ClH.H2Si.Zr/c26-14-6-9-19-15-17-7-2-4-11-21(17)25(19)23-13-5-12-22-20-10-3-1-8-18(20)16-24(22)23;;;;;;/h1-5,7-8,10-13,15-16,25-26H,6,9,14H2;2*1H3;2*1H;1H2;. The van der Waals surface area contributed by atoms with E-state index < -0.39 is 18.9 Å². The fourth-order valence-electron chi connectivity index (χ4n) is 5.61. The van der Waals surface area contributed by atoms with E-state index in [0.29, 0.717) is 9.54 Å². The number of halogens is 2. The van der Waals surface area contributed by atoms with Crippen LogP contribution >= 0.6 is 24.8 Å². The van der Waals surface area contributed by atoms with Gasteiger partial charge in [0.25, 0.3) is 0 Å². The molecule has 0 aromatic heterocycles. The van der Waals surface area contributed by atoms with Crippen LogP contribution < -0.4 is 0 Å². The summed E-state index contributed by atoms with van der Waals surface area (Å²) in [6.45, 7) is 2.58. The van der Waals surface area contributed by atoms with E-state index in [1.807, 2.05) is 0 Å². The molecule has 2 unspecified atom stereocenters. The average molecular weight is 562 g/mol. The molecule has 0 bridgehead atoms. The predicted molar refractivity (Wildman–Crippen MR) is 141 cm³/mol. The molecule has 0 amide bonds. The molecular weight excluding hydrogens is 531 g/mol. The molecule has 5 rings (SSSR count). The molecule has 3 aromatic rings. The molecule has 32 heavy (non-hydrogen) atoms. The maximum atomic E-state index is 9.50. The van der Waals surface area contributed by atoms with Crippen molar-refractivity contribution in [1.29, 1.82) is 0 Å². The van der Waals surface area contributed by atoms with Crippen molar-refractivity contribution in [1.82, 2.24) is 0 Å². The third-order valence-electron chi connectivity index (χ3n) is 6.73. The van der Waals surface area contributed by atoms with Crippen LogP contribution in [0.25, 0.3) is 17.2 Å². The van der Waals surface area contributed by atoms with Gasteiger partial charge < -0.3 is 0 Å². The summed E-state index contributed by atoms with van der Waals surface area (Å²) in [4.78, 5) is 0. The number of benzene rings is 3. The van der Waals surface area contributed by atoms with Crippen LogP contribution in [0.2, 0.25) is 9.26 Å². The minimum atomic E-state index is -2.32. The van der Waals surface area contributed by atoms with Gasteiger partial charge in [-0.15, -0.1) is 24.8 Å². The summed E-state index contributed by atoms with van der Waals surface area (Å²) < 4.78 is 5.78. The first-order chi connectivity index (χ1) is 14.5. The molecule has 0 spiro atoms. The summed E-state index contributed by atoms with van der Waals surface area (Å²) in [5.41, 5.74) is 11.8. The van der Waals surface area contributed by atoms with Gasteiger partial charge in [-0.1, -0.05) is 0 Å². The molecule has 0 saturated heterocycles. The van der Waals surface area contributed by atoms with Crippen LogP contribution in [0.15, 0.2) is 72.3 Å². The van der Waals surface area contributed by atoms with Gasteiger partial charge in [0.15, 0.2) is 0 Å². The van der Waals surface area contributed by atoms with Gasteiger partial charge in [0.2, 0.25) is 0 Å². The van der Waals surface area contributed by atoms with Crippen LogP contribution in [0.4, 0.5) is 0 Å². The van der Waals surface area contributed by atoms with Crippen LogP contribution in [0.1, 0.15) is 50.2 Å². The summed E-state index contributed by atoms with van der Waals surface area (Å²) in [6.07, 6.45) is 4.17. The molecule has 2 aliphatic carbocycles. The first kappa shape index (κ1) is 25.7. The molecule has 0 fully saturated rings. The summed E-state index contributed by atoms with van der Waals surface area (Å²) in [6, 6.07) is 25.0. The Labute approximate surface area is 209 Å². The number of hydrogen-bond acceptors (Lipinski definition) is 1. The second kappa shape index (κ2) is 10.1. The molecule has 3 aromatic carbocycles. The van der Waals surface area contributed by atoms with E-state index in [9.17, 15) is 5.11 Å². The molecule has 0 radical (unpaired) electrons. The fraction of sp³-hybridized carbons (Fsp3) is 0.259. The Hall–Kier alpha value is -0.960. The van der Waals surface area contributed by atoms with E-state index in [0.717, 1.165) is 12.8 Å². The molecule has 5 heteroatoms. The topological polar surface area (TPSA) is 20.2 Å². The third kappa shape index (κ3) is 4.28. The first-order valence-electron chi connectivity index (χ1n) is 11.0. The number of allylic oxidation sites excluding steroid dienone is 1. The van der Waals surface area contributed by atoms with E-state index in [2.05, 4.69) is 88.9 Å². The second-order valence-corrected chi connectivity index (χ2v) is 31.4. The van der Waals surface area contributed by atoms with Gasteiger partial charge in [-0.2, -0.15) is 0 Å². The van der Waals surface area contributed by atoms with Crippen molar-refractivity contribution in [3.63, 3.8) is 0 Å². The van der Waals surface area contributed by atoms with Crippen LogP contribution in [-0.2, 0) is 18.9 Å². The molecular formula is C27H31Cl2OSiZr. The van der Waals surface area contributed by atoms with Crippen molar-refractivity contribution < 1.29 is 24.0 Å². The Kier molecular flexibility index (Phi) is 8.11. The SMILES string of the molecule is Cl.Cl.[CH3][Zr]([CH3])(=[SiH2])[CH]1c2ccccc2-c2cccc(C3C(CCCO)=Cc4ccccc43)c21. The van der Waals surface area contributed by atoms with Crippen LogP contribution in [0, 0.1) is 0 Å². The molecule has 0 heterocycles. The van der Waals surface area contributed by atoms with Crippen LogP contribution in [0.3, 0.4) is 0 Å². The fourth-order valence-corrected chi connectivity index (χ4v) is 13.5. The number of aliphatic hydroxyl groups is 1. The van der Waals surface area contributed by atoms with Crippen LogP contribution in [0.5, 0.6) is 0 Å². The quantitative estimate of drug-likeness (QED) is 0.344. The zero-order valence-electron chi connectivity index (χ0n) is 18.7. The van der Waals surface area contributed by atoms with Gasteiger partial charge in [-0.05, 0) is 0 Å². The Morgan fingerprint density at radius 2 is 1.44 bits per heavy atom. The normalized spacial score (nSPS) is 18.0. The number of fused-ring (bicyclic) bond motifs is 4. The van der Waals surface area contributed by atoms with E-state index in [1.165, 1.54) is 33.4 Å². The van der Waals surface area contributed by atoms with Gasteiger partial charge in [0.1, 0.15) is 0 Å². The summed E-state index contributed by atoms with van der Waals surface area (Å²) in [5, 5.41) is 9.50. The van der Waals surface area contributed by atoms with Gasteiger partial charge in [-0.25, -0.2) is 0 Å². The molecule has 2 atom stereocenters. The molecule has 0 aliphatic heterocycles. The van der Waals surface area contributed by atoms with Gasteiger partial charge in [-0.3, -0.25) is 0 Å². The van der Waals surface area contributed by atoms with Gasteiger partial charge in [0.05, 0.1) is 0 Å². The van der Waals surface area contributed by atoms with E-state index >= 15 is 0 Å². The third-order valence-corrected chi connectivity index (χ3v) is 14.5. The Morgan fingerprint density at radius 1 is 0.812 bits per heavy atom. The van der Waals surface area contributed by atoms with Crippen molar-refractivity contribution in [2.45, 2.75) is 31.6 Å². The Morgan fingerprint density at radius 3 is 2.16 bits per heavy atom. The van der Waals surface area contributed by atoms with Crippen molar-refractivity contribution in [2.75, 3.05) is 6.61 Å². The molecule has 2 aliphatic rings. The molecule has 1 nitrogen and oxygen atoms in total. The first-order valence-corrected chi connectivity index (χ1v) is 23.2.